The molecule has 0 saturated heterocycles. The van der Waals surface area contributed by atoms with Gasteiger partial charge in [-0.25, -0.2) is 8.78 Å². The van der Waals surface area contributed by atoms with Gasteiger partial charge in [-0.05, 0) is 23.8 Å². The molecule has 1 amide bonds. The number of carbonyl (C=O) groups is 1. The van der Waals surface area contributed by atoms with E-state index in [4.69, 9.17) is 11.6 Å². The topological polar surface area (TPSA) is 29.1 Å². The Morgan fingerprint density at radius 3 is 2.43 bits per heavy atom. The highest BCUT2D eigenvalue weighted by atomic mass is 35.5. The minimum absolute atomic E-state index is 0.0823. The van der Waals surface area contributed by atoms with E-state index >= 15 is 0 Å². The number of para-hydroxylation sites is 1. The highest BCUT2D eigenvalue weighted by molar-refractivity contribution is 7.99. The van der Waals surface area contributed by atoms with E-state index in [-0.39, 0.29) is 5.75 Å². The van der Waals surface area contributed by atoms with Crippen LogP contribution in [0.1, 0.15) is 5.56 Å². The van der Waals surface area contributed by atoms with Crippen molar-refractivity contribution in [1.82, 2.24) is 0 Å². The summed E-state index contributed by atoms with van der Waals surface area (Å²) in [6.45, 7) is 0. The number of rotatable bonds is 5. The molecule has 2 aromatic carbocycles. The molecule has 0 aromatic heterocycles. The molecule has 2 nitrogen and oxygen atoms in total. The second kappa shape index (κ2) is 7.43. The average Bonchev–Trinajstić information content (AvgIpc) is 2.45. The molecule has 0 saturated carbocycles. The van der Waals surface area contributed by atoms with E-state index in [1.54, 1.807) is 6.07 Å². The van der Waals surface area contributed by atoms with Crippen LogP contribution in [-0.2, 0) is 10.5 Å². The Morgan fingerprint density at radius 1 is 1.10 bits per heavy atom. The lowest BCUT2D eigenvalue weighted by Gasteiger charge is -2.07. The van der Waals surface area contributed by atoms with Crippen molar-refractivity contribution in [1.29, 1.82) is 0 Å². The number of benzene rings is 2. The van der Waals surface area contributed by atoms with Crippen molar-refractivity contribution < 1.29 is 13.6 Å². The van der Waals surface area contributed by atoms with Crippen molar-refractivity contribution in [3.8, 4) is 0 Å². The molecule has 0 heterocycles. The third-order valence-electron chi connectivity index (χ3n) is 2.68. The van der Waals surface area contributed by atoms with Crippen LogP contribution in [-0.4, -0.2) is 11.7 Å². The lowest BCUT2D eigenvalue weighted by Crippen LogP contribution is -2.16. The minimum atomic E-state index is -0.792. The zero-order valence-electron chi connectivity index (χ0n) is 10.9. The van der Waals surface area contributed by atoms with E-state index < -0.39 is 23.2 Å². The van der Waals surface area contributed by atoms with Gasteiger partial charge in [0.2, 0.25) is 5.91 Å². The second-order valence-electron chi connectivity index (χ2n) is 4.23. The molecule has 0 aliphatic carbocycles. The number of carbonyl (C=O) groups excluding carboxylic acids is 1. The molecule has 0 radical (unpaired) electrons. The highest BCUT2D eigenvalue weighted by Gasteiger charge is 2.12. The summed E-state index contributed by atoms with van der Waals surface area (Å²) in [5, 5.41) is 2.87. The number of amides is 1. The van der Waals surface area contributed by atoms with E-state index in [1.165, 1.54) is 17.8 Å². The number of anilines is 1. The van der Waals surface area contributed by atoms with E-state index in [2.05, 4.69) is 5.32 Å². The van der Waals surface area contributed by atoms with Gasteiger partial charge in [0.15, 0.2) is 0 Å². The summed E-state index contributed by atoms with van der Waals surface area (Å²) < 4.78 is 26.7. The first-order chi connectivity index (χ1) is 10.1. The summed E-state index contributed by atoms with van der Waals surface area (Å²) in [6, 6.07) is 10.7. The summed E-state index contributed by atoms with van der Waals surface area (Å²) >= 11 is 7.32. The van der Waals surface area contributed by atoms with Gasteiger partial charge in [-0.1, -0.05) is 35.9 Å². The van der Waals surface area contributed by atoms with Crippen LogP contribution >= 0.6 is 23.4 Å². The van der Waals surface area contributed by atoms with Crippen LogP contribution in [0.5, 0.6) is 0 Å². The maximum atomic E-state index is 13.4. The summed E-state index contributed by atoms with van der Waals surface area (Å²) in [5.74, 6) is -1.42. The van der Waals surface area contributed by atoms with Crippen LogP contribution in [0.4, 0.5) is 14.5 Å². The summed E-state index contributed by atoms with van der Waals surface area (Å²) in [5.41, 5.74) is 0.495. The molecular weight excluding hydrogens is 316 g/mol. The van der Waals surface area contributed by atoms with Crippen LogP contribution in [0.15, 0.2) is 42.5 Å². The van der Waals surface area contributed by atoms with Crippen LogP contribution in [0.2, 0.25) is 5.02 Å². The lowest BCUT2D eigenvalue weighted by atomic mass is 10.2. The van der Waals surface area contributed by atoms with Crippen molar-refractivity contribution in [2.24, 2.45) is 0 Å². The third-order valence-corrected chi connectivity index (χ3v) is 4.03. The largest absolute Gasteiger partial charge is 0.320 e. The van der Waals surface area contributed by atoms with Crippen LogP contribution < -0.4 is 5.32 Å². The van der Waals surface area contributed by atoms with Crippen molar-refractivity contribution >= 4 is 35.0 Å². The van der Waals surface area contributed by atoms with Crippen molar-refractivity contribution in [3.05, 3.63) is 64.7 Å². The Labute approximate surface area is 130 Å². The fourth-order valence-corrected chi connectivity index (χ4v) is 2.77. The van der Waals surface area contributed by atoms with Gasteiger partial charge < -0.3 is 5.32 Å². The molecule has 1 N–H and O–H groups in total. The summed E-state index contributed by atoms with van der Waals surface area (Å²) in [4.78, 5) is 11.7. The number of hydrogen-bond donors (Lipinski definition) is 1. The van der Waals surface area contributed by atoms with Gasteiger partial charge in [-0.2, -0.15) is 0 Å². The quantitative estimate of drug-likeness (QED) is 0.876. The zero-order chi connectivity index (χ0) is 15.2. The molecule has 110 valence electrons. The summed E-state index contributed by atoms with van der Waals surface area (Å²) in [6.07, 6.45) is 0. The number of halogens is 3. The fourth-order valence-electron chi connectivity index (χ4n) is 1.66. The molecule has 0 atom stereocenters. The molecule has 21 heavy (non-hydrogen) atoms. The normalized spacial score (nSPS) is 10.4. The molecule has 6 heteroatoms. The zero-order valence-corrected chi connectivity index (χ0v) is 12.5. The van der Waals surface area contributed by atoms with E-state index in [1.807, 2.05) is 18.2 Å². The van der Waals surface area contributed by atoms with Gasteiger partial charge in [0.1, 0.15) is 17.3 Å². The van der Waals surface area contributed by atoms with Gasteiger partial charge in [0, 0.05) is 10.8 Å². The molecular formula is C15H12ClF2NOS. The van der Waals surface area contributed by atoms with Crippen LogP contribution in [0.3, 0.4) is 0 Å². The van der Waals surface area contributed by atoms with Crippen molar-refractivity contribution in [2.75, 3.05) is 11.1 Å². The maximum Gasteiger partial charge on any atom is 0.234 e. The third kappa shape index (κ3) is 4.44. The number of hydrogen-bond acceptors (Lipinski definition) is 2. The van der Waals surface area contributed by atoms with Gasteiger partial charge >= 0.3 is 0 Å². The van der Waals surface area contributed by atoms with Crippen LogP contribution in [0.25, 0.3) is 0 Å². The minimum Gasteiger partial charge on any atom is -0.320 e. The Morgan fingerprint density at radius 2 is 1.76 bits per heavy atom. The predicted molar refractivity (Wildman–Crippen MR) is 82.6 cm³/mol. The first kappa shape index (κ1) is 15.8. The first-order valence-corrected chi connectivity index (χ1v) is 7.66. The van der Waals surface area contributed by atoms with Crippen molar-refractivity contribution in [2.45, 2.75) is 5.75 Å². The molecule has 0 bridgehead atoms. The van der Waals surface area contributed by atoms with Crippen LogP contribution in [0, 0.1) is 11.6 Å². The molecule has 2 rings (SSSR count). The molecule has 0 spiro atoms. The first-order valence-electron chi connectivity index (χ1n) is 6.13. The lowest BCUT2D eigenvalue weighted by molar-refractivity contribution is -0.113. The maximum absolute atomic E-state index is 13.4. The number of thioether (sulfide) groups is 1. The molecule has 0 fully saturated rings. The highest BCUT2D eigenvalue weighted by Crippen LogP contribution is 2.22. The SMILES string of the molecule is O=C(CSCc1ccccc1Cl)Nc1c(F)cccc1F. The molecule has 0 aliphatic rings. The van der Waals surface area contributed by atoms with Gasteiger partial charge in [0.25, 0.3) is 0 Å². The van der Waals surface area contributed by atoms with Gasteiger partial charge in [-0.3, -0.25) is 4.79 Å². The monoisotopic (exact) mass is 327 g/mol. The molecule has 2 aromatic rings. The second-order valence-corrected chi connectivity index (χ2v) is 5.62. The summed E-state index contributed by atoms with van der Waals surface area (Å²) in [7, 11) is 0. The Kier molecular flexibility index (Phi) is 5.59. The Hall–Kier alpha value is -1.59. The standard InChI is InChI=1S/C15H12ClF2NOS/c16-11-5-2-1-4-10(11)8-21-9-14(20)19-15-12(17)6-3-7-13(15)18/h1-7H,8-9H2,(H,19,20). The number of nitrogens with one attached hydrogen (secondary N) is 1. The van der Waals surface area contributed by atoms with E-state index in [0.29, 0.717) is 10.8 Å². The molecule has 0 aliphatic heterocycles. The average molecular weight is 328 g/mol. The predicted octanol–water partition coefficient (Wildman–Crippen LogP) is 4.49. The molecule has 0 unspecified atom stereocenters. The van der Waals surface area contributed by atoms with E-state index in [0.717, 1.165) is 17.7 Å². The Bertz CT molecular complexity index is 631. The Balaban J connectivity index is 1.87. The smallest absolute Gasteiger partial charge is 0.234 e. The van der Waals surface area contributed by atoms with Gasteiger partial charge in [-0.15, -0.1) is 11.8 Å². The fraction of sp³-hybridized carbons (Fsp3) is 0.133. The van der Waals surface area contributed by atoms with Crippen molar-refractivity contribution in [3.63, 3.8) is 0 Å². The van der Waals surface area contributed by atoms with E-state index in [9.17, 15) is 13.6 Å². The van der Waals surface area contributed by atoms with Gasteiger partial charge in [0.05, 0.1) is 5.75 Å².